The molecule has 1 unspecified atom stereocenters. The number of thioether (sulfide) groups is 1. The zero-order valence-electron chi connectivity index (χ0n) is 9.54. The van der Waals surface area contributed by atoms with E-state index in [1.54, 1.807) is 0 Å². The number of Topliss-reactive ketones (excluding diaryl/α,β-unsaturated/α-hetero) is 1. The number of rotatable bonds is 2. The molecular weight excluding hydrogens is 292 g/mol. The van der Waals surface area contributed by atoms with Crippen LogP contribution in [0.25, 0.3) is 0 Å². The fraction of sp³-hybridized carbons (Fsp3) is 0.700. The summed E-state index contributed by atoms with van der Waals surface area (Å²) in [5, 5.41) is 3.47. The van der Waals surface area contributed by atoms with E-state index < -0.39 is 5.41 Å². The molecule has 1 atom stereocenters. The lowest BCUT2D eigenvalue weighted by Gasteiger charge is -2.17. The van der Waals surface area contributed by atoms with E-state index in [1.807, 2.05) is 20.8 Å². The second kappa shape index (κ2) is 5.31. The number of nitrogens with zero attached hydrogens (tertiary/aromatic N) is 1. The molecule has 1 heterocycles. The number of carbonyl (C=O) groups excluding carboxylic acids is 2. The lowest BCUT2D eigenvalue weighted by molar-refractivity contribution is -0.126. The molecule has 0 saturated heterocycles. The quantitative estimate of drug-likeness (QED) is 0.788. The Kier molecular flexibility index (Phi) is 4.55. The number of ketones is 1. The topological polar surface area (TPSA) is 58.5 Å². The predicted molar refractivity (Wildman–Crippen MR) is 70.1 cm³/mol. The SMILES string of the molecule is CC(C)(C)C(=O)NC1=NCC(C(=O)CBr)S1. The second-order valence-corrected chi connectivity index (χ2v) is 6.31. The molecule has 0 bridgehead atoms. The summed E-state index contributed by atoms with van der Waals surface area (Å²) in [7, 11) is 0. The van der Waals surface area contributed by atoms with Crippen molar-refractivity contribution in [2.24, 2.45) is 10.4 Å². The molecule has 4 nitrogen and oxygen atoms in total. The average Bonchev–Trinajstić information content (AvgIpc) is 2.63. The molecule has 0 spiro atoms. The minimum Gasteiger partial charge on any atom is -0.305 e. The van der Waals surface area contributed by atoms with Gasteiger partial charge in [0.15, 0.2) is 11.0 Å². The van der Waals surface area contributed by atoms with Crippen LogP contribution in [0.15, 0.2) is 4.99 Å². The predicted octanol–water partition coefficient (Wildman–Crippen LogP) is 1.58. The largest absolute Gasteiger partial charge is 0.305 e. The van der Waals surface area contributed by atoms with Gasteiger partial charge in [0.1, 0.15) is 0 Å². The third kappa shape index (κ3) is 3.59. The van der Waals surface area contributed by atoms with Gasteiger partial charge in [-0.25, -0.2) is 0 Å². The summed E-state index contributed by atoms with van der Waals surface area (Å²) in [5.41, 5.74) is -0.444. The lowest BCUT2D eigenvalue weighted by Crippen LogP contribution is -2.37. The molecule has 16 heavy (non-hydrogen) atoms. The van der Waals surface area contributed by atoms with Crippen LogP contribution >= 0.6 is 27.7 Å². The Hall–Kier alpha value is -0.360. The standard InChI is InChI=1S/C10H15BrN2O2S/c1-10(2,3)8(15)13-9-12-5-7(16-9)6(14)4-11/h7H,4-5H2,1-3H3,(H,12,13,15). The van der Waals surface area contributed by atoms with Crippen molar-refractivity contribution < 1.29 is 9.59 Å². The van der Waals surface area contributed by atoms with E-state index in [4.69, 9.17) is 0 Å². The van der Waals surface area contributed by atoms with Gasteiger partial charge in [0.05, 0.1) is 17.1 Å². The van der Waals surface area contributed by atoms with E-state index in [1.165, 1.54) is 11.8 Å². The smallest absolute Gasteiger partial charge is 0.231 e. The number of carbonyl (C=O) groups is 2. The fourth-order valence-electron chi connectivity index (χ4n) is 0.982. The lowest BCUT2D eigenvalue weighted by atomic mass is 9.96. The highest BCUT2D eigenvalue weighted by Gasteiger charge is 2.29. The van der Waals surface area contributed by atoms with Crippen LogP contribution in [-0.4, -0.2) is 34.0 Å². The van der Waals surface area contributed by atoms with E-state index in [0.29, 0.717) is 17.0 Å². The zero-order valence-corrected chi connectivity index (χ0v) is 11.9. The first-order valence-corrected chi connectivity index (χ1v) is 6.96. The molecule has 0 aliphatic carbocycles. The van der Waals surface area contributed by atoms with Crippen molar-refractivity contribution in [1.82, 2.24) is 5.32 Å². The summed E-state index contributed by atoms with van der Waals surface area (Å²) in [6.45, 7) is 5.96. The van der Waals surface area contributed by atoms with Gasteiger partial charge in [-0.2, -0.15) is 0 Å². The maximum absolute atomic E-state index is 11.7. The van der Waals surface area contributed by atoms with E-state index in [2.05, 4.69) is 26.2 Å². The van der Waals surface area contributed by atoms with Crippen LogP contribution in [0.4, 0.5) is 0 Å². The average molecular weight is 307 g/mol. The first-order valence-electron chi connectivity index (χ1n) is 4.96. The third-order valence-electron chi connectivity index (χ3n) is 2.05. The molecule has 1 aliphatic heterocycles. The number of alkyl halides is 1. The van der Waals surface area contributed by atoms with Gasteiger partial charge < -0.3 is 5.32 Å². The molecule has 0 saturated carbocycles. The number of amides is 1. The van der Waals surface area contributed by atoms with Crippen molar-refractivity contribution in [2.45, 2.75) is 26.0 Å². The fourth-order valence-corrected chi connectivity index (χ4v) is 2.52. The summed E-state index contributed by atoms with van der Waals surface area (Å²) < 4.78 is 0. The number of nitrogens with one attached hydrogen (secondary N) is 1. The van der Waals surface area contributed by atoms with E-state index in [0.717, 1.165) is 0 Å². The summed E-state index contributed by atoms with van der Waals surface area (Å²) in [6, 6.07) is 0. The molecule has 1 N–H and O–H groups in total. The van der Waals surface area contributed by atoms with Crippen LogP contribution in [0, 0.1) is 5.41 Å². The number of amidine groups is 1. The van der Waals surface area contributed by atoms with Crippen LogP contribution in [0.3, 0.4) is 0 Å². The zero-order chi connectivity index (χ0) is 12.3. The maximum Gasteiger partial charge on any atom is 0.231 e. The Bertz CT molecular complexity index is 336. The van der Waals surface area contributed by atoms with E-state index in [-0.39, 0.29) is 16.9 Å². The molecule has 0 aromatic rings. The van der Waals surface area contributed by atoms with Crippen molar-refractivity contribution in [3.63, 3.8) is 0 Å². The molecule has 1 amide bonds. The minimum atomic E-state index is -0.444. The van der Waals surface area contributed by atoms with Crippen molar-refractivity contribution >= 4 is 44.5 Å². The first kappa shape index (κ1) is 13.7. The Labute approximate surface area is 108 Å². The van der Waals surface area contributed by atoms with Crippen molar-refractivity contribution in [1.29, 1.82) is 0 Å². The van der Waals surface area contributed by atoms with Crippen LogP contribution < -0.4 is 5.32 Å². The van der Waals surface area contributed by atoms with Gasteiger partial charge in [-0.1, -0.05) is 48.5 Å². The molecule has 0 radical (unpaired) electrons. The second-order valence-electron chi connectivity index (χ2n) is 4.56. The summed E-state index contributed by atoms with van der Waals surface area (Å²) >= 11 is 4.45. The van der Waals surface area contributed by atoms with Crippen LogP contribution in [0.2, 0.25) is 0 Å². The van der Waals surface area contributed by atoms with Crippen LogP contribution in [0.5, 0.6) is 0 Å². The summed E-state index contributed by atoms with van der Waals surface area (Å²) in [5.74, 6) is 0.0273. The molecule has 6 heteroatoms. The van der Waals surface area contributed by atoms with Crippen LogP contribution in [0.1, 0.15) is 20.8 Å². The molecule has 1 rings (SSSR count). The highest BCUT2D eigenvalue weighted by Crippen LogP contribution is 2.22. The van der Waals surface area contributed by atoms with Crippen LogP contribution in [-0.2, 0) is 9.59 Å². The number of hydrogen-bond acceptors (Lipinski definition) is 4. The summed E-state index contributed by atoms with van der Waals surface area (Å²) in [4.78, 5) is 27.2. The summed E-state index contributed by atoms with van der Waals surface area (Å²) in [6.07, 6.45) is 0. The van der Waals surface area contributed by atoms with Crippen molar-refractivity contribution in [2.75, 3.05) is 11.9 Å². The number of aliphatic imine (C=N–C) groups is 1. The monoisotopic (exact) mass is 306 g/mol. The van der Waals surface area contributed by atoms with E-state index >= 15 is 0 Å². The van der Waals surface area contributed by atoms with Crippen molar-refractivity contribution in [3.05, 3.63) is 0 Å². The Morgan fingerprint density at radius 1 is 1.56 bits per heavy atom. The van der Waals surface area contributed by atoms with Crippen molar-refractivity contribution in [3.8, 4) is 0 Å². The van der Waals surface area contributed by atoms with Gasteiger partial charge in [-0.3, -0.25) is 14.6 Å². The van der Waals surface area contributed by atoms with Gasteiger partial charge in [0.2, 0.25) is 5.91 Å². The molecule has 90 valence electrons. The molecule has 1 aliphatic rings. The highest BCUT2D eigenvalue weighted by atomic mass is 79.9. The van der Waals surface area contributed by atoms with Gasteiger partial charge in [-0.15, -0.1) is 0 Å². The van der Waals surface area contributed by atoms with Gasteiger partial charge in [0, 0.05) is 5.41 Å². The molecule has 0 aromatic heterocycles. The Morgan fingerprint density at radius 3 is 2.69 bits per heavy atom. The van der Waals surface area contributed by atoms with Gasteiger partial charge in [-0.05, 0) is 0 Å². The normalized spacial score (nSPS) is 20.5. The van der Waals surface area contributed by atoms with Gasteiger partial charge in [0.25, 0.3) is 0 Å². The number of hydrogen-bond donors (Lipinski definition) is 1. The molecule has 0 fully saturated rings. The first-order chi connectivity index (χ1) is 7.34. The Morgan fingerprint density at radius 2 is 2.19 bits per heavy atom. The minimum absolute atomic E-state index is 0.0781. The molecular formula is C10H15BrN2O2S. The number of halogens is 1. The van der Waals surface area contributed by atoms with E-state index in [9.17, 15) is 9.59 Å². The molecule has 0 aromatic carbocycles. The third-order valence-corrected chi connectivity index (χ3v) is 3.75. The highest BCUT2D eigenvalue weighted by molar-refractivity contribution is 9.09. The van der Waals surface area contributed by atoms with Gasteiger partial charge >= 0.3 is 0 Å². The maximum atomic E-state index is 11.7. The Balaban J connectivity index is 2.49.